The third-order valence-electron chi connectivity index (χ3n) is 2.35. The molecule has 18 heavy (non-hydrogen) atoms. The van der Waals surface area contributed by atoms with Gasteiger partial charge in [-0.2, -0.15) is 0 Å². The van der Waals surface area contributed by atoms with Crippen molar-refractivity contribution in [3.63, 3.8) is 0 Å². The molecule has 0 spiro atoms. The molecule has 1 N–H and O–H groups in total. The number of nitrogens with one attached hydrogen (secondary N) is 1. The summed E-state index contributed by atoms with van der Waals surface area (Å²) in [4.78, 5) is 21.8. The van der Waals surface area contributed by atoms with Crippen LogP contribution in [-0.2, 0) is 11.2 Å². The van der Waals surface area contributed by atoms with Gasteiger partial charge in [-0.3, -0.25) is 4.79 Å². The van der Waals surface area contributed by atoms with Crippen molar-refractivity contribution in [1.82, 2.24) is 15.3 Å². The van der Waals surface area contributed by atoms with E-state index in [0.29, 0.717) is 5.75 Å². The Balaban J connectivity index is 2.35. The molecule has 2 rings (SSSR count). The van der Waals surface area contributed by atoms with E-state index >= 15 is 0 Å². The van der Waals surface area contributed by atoms with E-state index in [2.05, 4.69) is 28.3 Å². The third kappa shape index (κ3) is 2.93. The molecule has 4 nitrogen and oxygen atoms in total. The number of thioether (sulfide) groups is 1. The summed E-state index contributed by atoms with van der Waals surface area (Å²) in [6.45, 7) is 2.09. The number of carbonyl (C=O) groups is 1. The summed E-state index contributed by atoms with van der Waals surface area (Å²) in [7, 11) is 1.62. The van der Waals surface area contributed by atoms with Crippen molar-refractivity contribution in [1.29, 1.82) is 0 Å². The van der Waals surface area contributed by atoms with Crippen molar-refractivity contribution < 1.29 is 4.79 Å². The highest BCUT2D eigenvalue weighted by molar-refractivity contribution is 8.00. The second-order valence-corrected chi connectivity index (χ2v) is 5.96. The highest BCUT2D eigenvalue weighted by Crippen LogP contribution is 2.32. The molecular weight excluding hydrogens is 290 g/mol. The minimum Gasteiger partial charge on any atom is -0.358 e. The lowest BCUT2D eigenvalue weighted by Gasteiger charge is -2.02. The van der Waals surface area contributed by atoms with Crippen molar-refractivity contribution >= 4 is 50.8 Å². The van der Waals surface area contributed by atoms with Gasteiger partial charge in [-0.1, -0.05) is 18.7 Å². The van der Waals surface area contributed by atoms with Crippen LogP contribution in [0.2, 0.25) is 5.28 Å². The Morgan fingerprint density at radius 1 is 1.56 bits per heavy atom. The molecule has 0 aliphatic heterocycles. The zero-order valence-corrected chi connectivity index (χ0v) is 12.4. The Bertz CT molecular complexity index is 585. The molecule has 0 aromatic carbocycles. The van der Waals surface area contributed by atoms with Gasteiger partial charge < -0.3 is 5.32 Å². The van der Waals surface area contributed by atoms with Crippen LogP contribution in [0.3, 0.4) is 0 Å². The third-order valence-corrected chi connectivity index (χ3v) is 4.68. The first-order valence-electron chi connectivity index (χ1n) is 5.43. The van der Waals surface area contributed by atoms with E-state index in [1.165, 1.54) is 16.6 Å². The molecule has 2 aromatic rings. The van der Waals surface area contributed by atoms with Gasteiger partial charge in [0.05, 0.1) is 5.75 Å². The molecule has 2 aromatic heterocycles. The second-order valence-electron chi connectivity index (χ2n) is 3.54. The van der Waals surface area contributed by atoms with Gasteiger partial charge in [0.1, 0.15) is 9.86 Å². The summed E-state index contributed by atoms with van der Waals surface area (Å²) in [5.41, 5.74) is 0. The number of hydrogen-bond donors (Lipinski definition) is 1. The number of fused-ring (bicyclic) bond motifs is 1. The molecular formula is C11H12ClN3OS2. The molecule has 0 saturated heterocycles. The maximum Gasteiger partial charge on any atom is 0.230 e. The molecule has 1 amide bonds. The number of halogens is 1. The Morgan fingerprint density at radius 2 is 2.33 bits per heavy atom. The van der Waals surface area contributed by atoms with Crippen LogP contribution in [0, 0.1) is 0 Å². The largest absolute Gasteiger partial charge is 0.358 e. The van der Waals surface area contributed by atoms with E-state index in [0.717, 1.165) is 21.7 Å². The fourth-order valence-corrected chi connectivity index (χ4v) is 3.59. The lowest BCUT2D eigenvalue weighted by molar-refractivity contribution is -0.118. The molecule has 7 heteroatoms. The number of carbonyl (C=O) groups excluding carboxylic acids is 1. The summed E-state index contributed by atoms with van der Waals surface area (Å²) < 4.78 is 0. The van der Waals surface area contributed by atoms with Gasteiger partial charge in [0.25, 0.3) is 0 Å². The second kappa shape index (κ2) is 5.86. The molecule has 96 valence electrons. The summed E-state index contributed by atoms with van der Waals surface area (Å²) >= 11 is 8.89. The van der Waals surface area contributed by atoms with Crippen LogP contribution in [0.15, 0.2) is 11.1 Å². The lowest BCUT2D eigenvalue weighted by Crippen LogP contribution is -2.19. The first-order chi connectivity index (χ1) is 8.63. The predicted octanol–water partition coefficient (Wildman–Crippen LogP) is 2.75. The van der Waals surface area contributed by atoms with E-state index in [9.17, 15) is 4.79 Å². The fraction of sp³-hybridized carbons (Fsp3) is 0.364. The van der Waals surface area contributed by atoms with Crippen molar-refractivity contribution in [3.8, 4) is 0 Å². The quantitative estimate of drug-likeness (QED) is 0.536. The Kier molecular flexibility index (Phi) is 4.42. The van der Waals surface area contributed by atoms with Gasteiger partial charge >= 0.3 is 0 Å². The van der Waals surface area contributed by atoms with E-state index in [1.54, 1.807) is 18.4 Å². The van der Waals surface area contributed by atoms with Crippen LogP contribution >= 0.6 is 34.7 Å². The Hall–Kier alpha value is -0.850. The fourth-order valence-electron chi connectivity index (χ4n) is 1.41. The van der Waals surface area contributed by atoms with Crippen molar-refractivity contribution in [2.75, 3.05) is 12.8 Å². The van der Waals surface area contributed by atoms with E-state index < -0.39 is 0 Å². The first kappa shape index (κ1) is 13.6. The van der Waals surface area contributed by atoms with Gasteiger partial charge in [-0.05, 0) is 24.1 Å². The molecule has 0 aliphatic carbocycles. The zero-order valence-electron chi connectivity index (χ0n) is 9.99. The number of hydrogen-bond acceptors (Lipinski definition) is 5. The maximum atomic E-state index is 11.3. The average Bonchev–Trinajstić information content (AvgIpc) is 2.78. The molecule has 0 fully saturated rings. The molecule has 0 radical (unpaired) electrons. The van der Waals surface area contributed by atoms with Gasteiger partial charge in [-0.15, -0.1) is 11.3 Å². The lowest BCUT2D eigenvalue weighted by atomic mass is 10.3. The monoisotopic (exact) mass is 301 g/mol. The van der Waals surface area contributed by atoms with Crippen LogP contribution in [0.5, 0.6) is 0 Å². The van der Waals surface area contributed by atoms with E-state index in [1.807, 2.05) is 0 Å². The Labute approximate surface area is 118 Å². The van der Waals surface area contributed by atoms with Crippen LogP contribution in [0.1, 0.15) is 11.8 Å². The van der Waals surface area contributed by atoms with Crippen LogP contribution in [-0.4, -0.2) is 28.7 Å². The molecule has 0 bridgehead atoms. The van der Waals surface area contributed by atoms with Crippen molar-refractivity contribution in [2.24, 2.45) is 0 Å². The number of rotatable bonds is 4. The molecule has 0 aliphatic rings. The van der Waals surface area contributed by atoms with Crippen molar-refractivity contribution in [3.05, 3.63) is 16.2 Å². The summed E-state index contributed by atoms with van der Waals surface area (Å²) in [6.07, 6.45) is 0.957. The van der Waals surface area contributed by atoms with E-state index in [4.69, 9.17) is 11.6 Å². The molecule has 0 unspecified atom stereocenters. The van der Waals surface area contributed by atoms with Gasteiger partial charge in [-0.25, -0.2) is 9.97 Å². The SMILES string of the molecule is CCc1cc2c(SCC(=O)NC)nc(Cl)nc2s1. The first-order valence-corrected chi connectivity index (χ1v) is 7.61. The number of nitrogens with zero attached hydrogens (tertiary/aromatic N) is 2. The van der Waals surface area contributed by atoms with Crippen LogP contribution < -0.4 is 5.32 Å². The number of aryl methyl sites for hydroxylation is 1. The predicted molar refractivity (Wildman–Crippen MR) is 76.6 cm³/mol. The summed E-state index contributed by atoms with van der Waals surface area (Å²) in [5.74, 6) is 0.296. The molecule has 0 saturated carbocycles. The highest BCUT2D eigenvalue weighted by atomic mass is 35.5. The topological polar surface area (TPSA) is 54.9 Å². The normalized spacial score (nSPS) is 10.8. The number of thiophene rings is 1. The van der Waals surface area contributed by atoms with Gasteiger partial charge in [0.15, 0.2) is 0 Å². The smallest absolute Gasteiger partial charge is 0.230 e. The highest BCUT2D eigenvalue weighted by Gasteiger charge is 2.12. The van der Waals surface area contributed by atoms with Crippen LogP contribution in [0.4, 0.5) is 0 Å². The van der Waals surface area contributed by atoms with Gasteiger partial charge in [0, 0.05) is 17.3 Å². The average molecular weight is 302 g/mol. The Morgan fingerprint density at radius 3 is 3.00 bits per heavy atom. The van der Waals surface area contributed by atoms with Crippen LogP contribution in [0.25, 0.3) is 10.2 Å². The molecule has 2 heterocycles. The summed E-state index contributed by atoms with van der Waals surface area (Å²) in [5, 5.41) is 4.56. The zero-order chi connectivity index (χ0) is 13.1. The number of aromatic nitrogens is 2. The van der Waals surface area contributed by atoms with Crippen molar-refractivity contribution in [2.45, 2.75) is 18.4 Å². The maximum absolute atomic E-state index is 11.3. The summed E-state index contributed by atoms with van der Waals surface area (Å²) in [6, 6.07) is 2.07. The standard InChI is InChI=1S/C11H12ClN3OS2/c1-3-6-4-7-9(17-5-8(16)13-2)14-11(12)15-10(7)18-6/h4H,3,5H2,1-2H3,(H,13,16). The molecule has 0 atom stereocenters. The minimum atomic E-state index is -0.0335. The van der Waals surface area contributed by atoms with E-state index in [-0.39, 0.29) is 11.2 Å². The number of amides is 1. The minimum absolute atomic E-state index is 0.0335. The van der Waals surface area contributed by atoms with Gasteiger partial charge in [0.2, 0.25) is 11.2 Å².